The number of carboxylic acids is 2. The fourth-order valence-electron chi connectivity index (χ4n) is 2.26. The molecule has 23 heavy (non-hydrogen) atoms. The molecule has 132 valence electrons. The van der Waals surface area contributed by atoms with Gasteiger partial charge in [-0.3, -0.25) is 0 Å². The van der Waals surface area contributed by atoms with E-state index in [4.69, 9.17) is 0 Å². The van der Waals surface area contributed by atoms with Crippen LogP contribution < -0.4 is 10.2 Å². The maximum Gasteiger partial charge on any atom is 2.00 e. The Labute approximate surface area is 172 Å². The third-order valence-electron chi connectivity index (χ3n) is 3.96. The first-order valence-electron chi connectivity index (χ1n) is 8.86. The molecule has 0 spiro atoms. The van der Waals surface area contributed by atoms with E-state index in [1.165, 1.54) is 0 Å². The van der Waals surface area contributed by atoms with Crippen molar-refractivity contribution in [2.45, 2.75) is 91.9 Å². The average molecular weight is 355 g/mol. The number of hydrogen-bond acceptors (Lipinski definition) is 4. The number of carbonyl (C=O) groups is 2. The van der Waals surface area contributed by atoms with E-state index >= 15 is 0 Å². The van der Waals surface area contributed by atoms with Crippen LogP contribution in [0.5, 0.6) is 0 Å². The summed E-state index contributed by atoms with van der Waals surface area (Å²) in [5, 5.41) is 20.8. The summed E-state index contributed by atoms with van der Waals surface area (Å²) in [6.45, 7) is 8.01. The number of rotatable bonds is 12. The number of aliphatic carboxylic acids is 2. The van der Waals surface area contributed by atoms with Gasteiger partial charge in [-0.25, -0.2) is 0 Å². The van der Waals surface area contributed by atoms with Crippen molar-refractivity contribution in [1.82, 2.24) is 0 Å². The fourth-order valence-corrected chi connectivity index (χ4v) is 2.26. The first kappa shape index (κ1) is 28.0. The van der Waals surface area contributed by atoms with Gasteiger partial charge in [-0.1, -0.05) is 66.2 Å². The monoisotopic (exact) mass is 354 g/mol. The minimum atomic E-state index is -0.886. The van der Waals surface area contributed by atoms with Crippen LogP contribution in [0, 0.1) is 11.8 Å². The van der Waals surface area contributed by atoms with E-state index in [1.807, 2.05) is 13.8 Å². The van der Waals surface area contributed by atoms with E-state index in [0.717, 1.165) is 51.4 Å². The summed E-state index contributed by atoms with van der Waals surface area (Å²) in [6.07, 6.45) is 9.55. The molecule has 0 aromatic carbocycles. The van der Waals surface area contributed by atoms with Gasteiger partial charge >= 0.3 is 37.7 Å². The molecule has 0 heterocycles. The molecule has 0 rings (SSSR count). The molecule has 5 heteroatoms. The maximum atomic E-state index is 10.4. The Kier molecular flexibility index (Phi) is 24.7. The Hall–Kier alpha value is 0.200. The van der Waals surface area contributed by atoms with E-state index in [1.54, 1.807) is 0 Å². The molecule has 0 aliphatic carbocycles. The molecule has 0 radical (unpaired) electrons. The second-order valence-corrected chi connectivity index (χ2v) is 5.84. The summed E-state index contributed by atoms with van der Waals surface area (Å²) >= 11 is 0. The molecule has 0 aliphatic rings. The van der Waals surface area contributed by atoms with Gasteiger partial charge in [0.25, 0.3) is 0 Å². The van der Waals surface area contributed by atoms with Crippen molar-refractivity contribution in [3.8, 4) is 0 Å². The van der Waals surface area contributed by atoms with E-state index < -0.39 is 11.9 Å². The number of unbranched alkanes of at least 4 members (excludes halogenated alkanes) is 4. The van der Waals surface area contributed by atoms with Gasteiger partial charge in [-0.05, 0) is 37.5 Å². The molecule has 0 aromatic rings. The Morgan fingerprint density at radius 1 is 0.696 bits per heavy atom. The second kappa shape index (κ2) is 20.2. The van der Waals surface area contributed by atoms with Gasteiger partial charge in [0, 0.05) is 11.9 Å². The zero-order valence-corrected chi connectivity index (χ0v) is 17.8. The van der Waals surface area contributed by atoms with Crippen LogP contribution in [0.15, 0.2) is 0 Å². The molecule has 0 N–H and O–H groups in total. The third-order valence-corrected chi connectivity index (χ3v) is 3.96. The quantitative estimate of drug-likeness (QED) is 0.398. The van der Waals surface area contributed by atoms with Crippen molar-refractivity contribution in [3.05, 3.63) is 0 Å². The smallest absolute Gasteiger partial charge is 0.550 e. The number of carboxylic acid groups (broad SMARTS) is 2. The molecular formula is C18H34CaO4. The second-order valence-electron chi connectivity index (χ2n) is 5.84. The molecule has 0 aromatic heterocycles. The first-order valence-corrected chi connectivity index (χ1v) is 8.86. The molecule has 4 nitrogen and oxygen atoms in total. The average Bonchev–Trinajstić information content (AvgIpc) is 2.48. The predicted molar refractivity (Wildman–Crippen MR) is 91.6 cm³/mol. The van der Waals surface area contributed by atoms with Gasteiger partial charge in [0.15, 0.2) is 0 Å². The maximum absolute atomic E-state index is 10.4. The first-order chi connectivity index (χ1) is 10.4. The predicted octanol–water partition coefficient (Wildman–Crippen LogP) is 2.30. The van der Waals surface area contributed by atoms with Crippen LogP contribution in [0.3, 0.4) is 0 Å². The largest absolute Gasteiger partial charge is 2.00 e. The van der Waals surface area contributed by atoms with Gasteiger partial charge in [-0.15, -0.1) is 0 Å². The zero-order chi connectivity index (χ0) is 17.4. The fraction of sp³-hybridized carbons (Fsp3) is 0.889. The Morgan fingerprint density at radius 2 is 1.00 bits per heavy atom. The van der Waals surface area contributed by atoms with Crippen LogP contribution in [0.25, 0.3) is 0 Å². The number of carbonyl (C=O) groups excluding carboxylic acids is 2. The summed E-state index contributed by atoms with van der Waals surface area (Å²) in [5.74, 6) is -2.21. The van der Waals surface area contributed by atoms with Crippen LogP contribution in [0.1, 0.15) is 91.9 Å². The van der Waals surface area contributed by atoms with Crippen molar-refractivity contribution in [3.63, 3.8) is 0 Å². The Morgan fingerprint density at radius 3 is 1.17 bits per heavy atom. The molecule has 0 saturated heterocycles. The van der Waals surface area contributed by atoms with Crippen LogP contribution in [-0.2, 0) is 9.59 Å². The van der Waals surface area contributed by atoms with Gasteiger partial charge in [-0.2, -0.15) is 0 Å². The van der Waals surface area contributed by atoms with Crippen molar-refractivity contribution >= 4 is 49.7 Å². The van der Waals surface area contributed by atoms with Crippen molar-refractivity contribution in [1.29, 1.82) is 0 Å². The van der Waals surface area contributed by atoms with Crippen LogP contribution in [0.4, 0.5) is 0 Å². The van der Waals surface area contributed by atoms with Gasteiger partial charge in [0.05, 0.1) is 0 Å². The van der Waals surface area contributed by atoms with Crippen molar-refractivity contribution in [2.75, 3.05) is 0 Å². The molecule has 0 bridgehead atoms. The van der Waals surface area contributed by atoms with E-state index in [9.17, 15) is 19.8 Å². The summed E-state index contributed by atoms with van der Waals surface area (Å²) in [6, 6.07) is 0. The summed E-state index contributed by atoms with van der Waals surface area (Å²) in [4.78, 5) is 20.8. The van der Waals surface area contributed by atoms with Gasteiger partial charge < -0.3 is 19.8 Å². The summed E-state index contributed by atoms with van der Waals surface area (Å²) in [5.41, 5.74) is 0. The molecule has 0 fully saturated rings. The summed E-state index contributed by atoms with van der Waals surface area (Å²) in [7, 11) is 0. The standard InChI is InChI=1S/2C9H18O2.Ca/c2*1-3-5-6-7-8(4-2)9(10)11;/h2*8H,3-7H2,1-2H3,(H,10,11);/q;;+2/p-2. The molecule has 0 aliphatic heterocycles. The van der Waals surface area contributed by atoms with Gasteiger partial charge in [0.1, 0.15) is 0 Å². The molecule has 2 atom stereocenters. The van der Waals surface area contributed by atoms with Crippen LogP contribution in [0.2, 0.25) is 0 Å². The van der Waals surface area contributed by atoms with E-state index in [0.29, 0.717) is 12.8 Å². The zero-order valence-electron chi connectivity index (χ0n) is 15.6. The number of hydrogen-bond donors (Lipinski definition) is 0. The minimum Gasteiger partial charge on any atom is -0.550 e. The van der Waals surface area contributed by atoms with E-state index in [-0.39, 0.29) is 49.6 Å². The van der Waals surface area contributed by atoms with Crippen molar-refractivity contribution < 1.29 is 19.8 Å². The molecule has 0 amide bonds. The molecule has 2 unspecified atom stereocenters. The van der Waals surface area contributed by atoms with Crippen LogP contribution in [-0.4, -0.2) is 49.7 Å². The molecule has 0 saturated carbocycles. The summed E-state index contributed by atoms with van der Waals surface area (Å²) < 4.78 is 0. The molecular weight excluding hydrogens is 320 g/mol. The van der Waals surface area contributed by atoms with E-state index in [2.05, 4.69) is 13.8 Å². The minimum absolute atomic E-state index is 0. The normalized spacial score (nSPS) is 12.3. The topological polar surface area (TPSA) is 80.3 Å². The van der Waals surface area contributed by atoms with Crippen LogP contribution >= 0.6 is 0 Å². The Balaban J connectivity index is -0.000000333. The third kappa shape index (κ3) is 18.4. The SMILES string of the molecule is CCCCCC(CC)C(=O)[O-].CCCCCC(CC)C(=O)[O-].[Ca+2]. The van der Waals surface area contributed by atoms with Gasteiger partial charge in [0.2, 0.25) is 0 Å². The Bertz CT molecular complexity index is 254. The van der Waals surface area contributed by atoms with Crippen molar-refractivity contribution in [2.24, 2.45) is 11.8 Å².